The Labute approximate surface area is 196 Å². The Morgan fingerprint density at radius 3 is 2.10 bits per heavy atom. The molecule has 6 heteroatoms. The zero-order chi connectivity index (χ0) is 20.1. The number of aliphatic hydroxyl groups is 1. The fraction of sp³-hybridized carbons (Fsp3) is 0.583. The van der Waals surface area contributed by atoms with Crippen LogP contribution in [0.4, 0.5) is 5.95 Å². The number of nitrogens with zero attached hydrogens (tertiary/aromatic N) is 3. The molecule has 2 aliphatic rings. The third-order valence-corrected chi connectivity index (χ3v) is 6.80. The van der Waals surface area contributed by atoms with E-state index in [2.05, 4.69) is 14.5 Å². The Bertz CT molecular complexity index is 791. The molecule has 1 aromatic carbocycles. The van der Waals surface area contributed by atoms with Gasteiger partial charge in [0.25, 0.3) is 0 Å². The van der Waals surface area contributed by atoms with Crippen LogP contribution in [0.5, 0.6) is 0 Å². The monoisotopic (exact) mass is 493 g/mol. The number of hydrogen-bond acceptors (Lipinski definition) is 3. The molecule has 1 saturated carbocycles. The Balaban J connectivity index is 0.00000256. The van der Waals surface area contributed by atoms with Gasteiger partial charge in [-0.1, -0.05) is 86.5 Å². The van der Waals surface area contributed by atoms with Crippen LogP contribution in [0.3, 0.4) is 0 Å². The van der Waals surface area contributed by atoms with Crippen molar-refractivity contribution >= 4 is 17.5 Å². The molecular formula is C24H33BrClN3O. The first-order valence-electron chi connectivity index (χ1n) is 11.3. The second kappa shape index (κ2) is 10.9. The minimum Gasteiger partial charge on any atom is -1.00 e. The van der Waals surface area contributed by atoms with Crippen molar-refractivity contribution in [1.29, 1.82) is 0 Å². The minimum atomic E-state index is -1.09. The smallest absolute Gasteiger partial charge is 0.397 e. The van der Waals surface area contributed by atoms with E-state index in [1.807, 2.05) is 42.7 Å². The largest absolute Gasteiger partial charge is 1.00 e. The molecule has 0 amide bonds. The molecule has 4 rings (SSSR count). The van der Waals surface area contributed by atoms with Crippen LogP contribution in [0.2, 0.25) is 5.02 Å². The Kier molecular flexibility index (Phi) is 8.55. The molecule has 1 fully saturated rings. The lowest BCUT2D eigenvalue weighted by molar-refractivity contribution is -0.685. The lowest BCUT2D eigenvalue weighted by atomic mass is 9.94. The van der Waals surface area contributed by atoms with Crippen LogP contribution in [-0.4, -0.2) is 16.1 Å². The average molecular weight is 495 g/mol. The highest BCUT2D eigenvalue weighted by Gasteiger charge is 2.54. The first kappa shape index (κ1) is 23.5. The van der Waals surface area contributed by atoms with Gasteiger partial charge in [-0.3, -0.25) is 0 Å². The second-order valence-electron chi connectivity index (χ2n) is 8.65. The molecular weight excluding hydrogens is 462 g/mol. The highest BCUT2D eigenvalue weighted by Crippen LogP contribution is 2.38. The van der Waals surface area contributed by atoms with E-state index in [4.69, 9.17) is 11.6 Å². The summed E-state index contributed by atoms with van der Waals surface area (Å²) in [4.78, 5) is 6.90. The maximum Gasteiger partial charge on any atom is 0.397 e. The topological polar surface area (TPSA) is 40.2 Å². The van der Waals surface area contributed by atoms with Crippen LogP contribution in [0.25, 0.3) is 0 Å². The number of anilines is 1. The van der Waals surface area contributed by atoms with Gasteiger partial charge in [0.1, 0.15) is 12.7 Å². The number of fused-ring (bicyclic) bond motifs is 1. The van der Waals surface area contributed by atoms with Crippen molar-refractivity contribution in [2.45, 2.75) is 88.9 Å². The number of rotatable bonds is 2. The number of benzene rings is 1. The number of halogens is 2. The van der Waals surface area contributed by atoms with Crippen LogP contribution in [0, 0.1) is 0 Å². The van der Waals surface area contributed by atoms with E-state index in [-0.39, 0.29) is 17.0 Å². The quantitative estimate of drug-likeness (QED) is 0.652. The lowest BCUT2D eigenvalue weighted by Gasteiger charge is -2.34. The van der Waals surface area contributed by atoms with E-state index in [9.17, 15) is 5.11 Å². The van der Waals surface area contributed by atoms with Crippen LogP contribution in [0.15, 0.2) is 42.7 Å². The highest BCUT2D eigenvalue weighted by atomic mass is 79.9. The van der Waals surface area contributed by atoms with E-state index >= 15 is 0 Å². The minimum absolute atomic E-state index is 0. The molecule has 2 heterocycles. The summed E-state index contributed by atoms with van der Waals surface area (Å²) in [7, 11) is 0. The molecule has 1 atom stereocenters. The first-order valence-corrected chi connectivity index (χ1v) is 11.7. The fourth-order valence-corrected chi connectivity index (χ4v) is 5.13. The zero-order valence-electron chi connectivity index (χ0n) is 17.6. The summed E-state index contributed by atoms with van der Waals surface area (Å²) >= 11 is 6.13. The molecule has 0 saturated heterocycles. The summed E-state index contributed by atoms with van der Waals surface area (Å²) in [6, 6.07) is 9.88. The summed E-state index contributed by atoms with van der Waals surface area (Å²) in [6.07, 6.45) is 17.8. The van der Waals surface area contributed by atoms with Gasteiger partial charge in [-0.2, -0.15) is 0 Å². The van der Waals surface area contributed by atoms with Gasteiger partial charge < -0.3 is 22.1 Å². The molecule has 0 bridgehead atoms. The van der Waals surface area contributed by atoms with Gasteiger partial charge in [-0.25, -0.2) is 9.47 Å². The maximum atomic E-state index is 12.0. The third-order valence-electron chi connectivity index (χ3n) is 6.55. The van der Waals surface area contributed by atoms with Crippen LogP contribution >= 0.6 is 11.6 Å². The zero-order valence-corrected chi connectivity index (χ0v) is 20.0. The molecule has 0 unspecified atom stereocenters. The Hall–Kier alpha value is -1.17. The van der Waals surface area contributed by atoms with Gasteiger partial charge in [-0.05, 0) is 25.0 Å². The van der Waals surface area contributed by atoms with Crippen molar-refractivity contribution in [2.24, 2.45) is 0 Å². The average Bonchev–Trinajstić information content (AvgIpc) is 3.02. The van der Waals surface area contributed by atoms with Crippen molar-refractivity contribution in [3.63, 3.8) is 0 Å². The number of hydrogen-bond donors (Lipinski definition) is 1. The molecule has 0 radical (unpaired) electrons. The first-order chi connectivity index (χ1) is 14.2. The molecule has 2 aromatic rings. The van der Waals surface area contributed by atoms with E-state index < -0.39 is 5.72 Å². The van der Waals surface area contributed by atoms with Crippen molar-refractivity contribution in [3.8, 4) is 0 Å². The summed E-state index contributed by atoms with van der Waals surface area (Å²) < 4.78 is 2.09. The van der Waals surface area contributed by atoms with Crippen LogP contribution < -0.4 is 26.4 Å². The van der Waals surface area contributed by atoms with Gasteiger partial charge in [0.05, 0.1) is 12.2 Å². The molecule has 164 valence electrons. The summed E-state index contributed by atoms with van der Waals surface area (Å²) in [5, 5.41) is 12.7. The molecule has 4 nitrogen and oxygen atoms in total. The molecule has 1 aliphatic heterocycles. The highest BCUT2D eigenvalue weighted by molar-refractivity contribution is 6.30. The van der Waals surface area contributed by atoms with Crippen LogP contribution in [0.1, 0.15) is 76.2 Å². The van der Waals surface area contributed by atoms with Gasteiger partial charge in [-0.15, -0.1) is 0 Å². The normalized spacial score (nSPS) is 23.7. The lowest BCUT2D eigenvalue weighted by Crippen LogP contribution is -3.00. The van der Waals surface area contributed by atoms with Gasteiger partial charge in [0, 0.05) is 16.7 Å². The Morgan fingerprint density at radius 2 is 1.50 bits per heavy atom. The summed E-state index contributed by atoms with van der Waals surface area (Å²) in [6.45, 7) is 0.494. The van der Waals surface area contributed by atoms with Crippen molar-refractivity contribution in [3.05, 3.63) is 53.3 Å². The van der Waals surface area contributed by atoms with E-state index in [1.165, 1.54) is 57.8 Å². The van der Waals surface area contributed by atoms with Crippen molar-refractivity contribution in [1.82, 2.24) is 4.98 Å². The standard InChI is InChI=1S/C24H33ClN3O.BrH/c25-21-15-13-20(14-16-21)24(29)19-27-18-10-17-26-23(27)28(24)22-11-8-6-4-2-1-3-5-7-9-12-22;/h10,13-18,22,29H,1-9,11-12,19H2;1H/q+1;/p-1/t24-;/m1./s1. The summed E-state index contributed by atoms with van der Waals surface area (Å²) in [5.41, 5.74) is -0.202. The van der Waals surface area contributed by atoms with Crippen molar-refractivity contribution in [2.75, 3.05) is 4.90 Å². The van der Waals surface area contributed by atoms with Crippen molar-refractivity contribution < 1.29 is 26.7 Å². The predicted octanol–water partition coefficient (Wildman–Crippen LogP) is 2.37. The second-order valence-corrected chi connectivity index (χ2v) is 9.09. The molecule has 1 aliphatic carbocycles. The van der Waals surface area contributed by atoms with Gasteiger partial charge in [0.2, 0.25) is 5.72 Å². The van der Waals surface area contributed by atoms with Gasteiger partial charge >= 0.3 is 5.95 Å². The van der Waals surface area contributed by atoms with E-state index in [1.54, 1.807) is 0 Å². The maximum absolute atomic E-state index is 12.0. The predicted molar refractivity (Wildman–Crippen MR) is 117 cm³/mol. The molecule has 1 aromatic heterocycles. The third kappa shape index (κ3) is 5.17. The van der Waals surface area contributed by atoms with E-state index in [0.717, 1.165) is 24.4 Å². The van der Waals surface area contributed by atoms with Gasteiger partial charge in [0.15, 0.2) is 0 Å². The number of aromatic nitrogens is 2. The molecule has 0 spiro atoms. The molecule has 30 heavy (non-hydrogen) atoms. The molecule has 1 N–H and O–H groups in total. The fourth-order valence-electron chi connectivity index (χ4n) is 5.01. The van der Waals surface area contributed by atoms with Crippen LogP contribution in [-0.2, 0) is 12.3 Å². The SMILES string of the molecule is O[C@@]1(c2ccc(Cl)cc2)C[n+]2cccnc2N1C1CCCCCCCCCCC1.[Br-]. The Morgan fingerprint density at radius 1 is 0.933 bits per heavy atom. The summed E-state index contributed by atoms with van der Waals surface area (Å²) in [5.74, 6) is 0.877. The van der Waals surface area contributed by atoms with E-state index in [0.29, 0.717) is 17.6 Å².